The molecular weight excluding hydrogens is 490 g/mol. The van der Waals surface area contributed by atoms with Crippen LogP contribution >= 0.6 is 11.3 Å². The first kappa shape index (κ1) is 24.4. The number of carbonyl (C=O) groups excluding carboxylic acids is 3. The Morgan fingerprint density at radius 3 is 2.43 bits per heavy atom. The molecule has 2 aromatic carbocycles. The molecule has 1 aliphatic carbocycles. The molecule has 182 valence electrons. The minimum absolute atomic E-state index is 0.0582. The first-order valence-electron chi connectivity index (χ1n) is 10.9. The third-order valence-electron chi connectivity index (χ3n) is 5.34. The minimum atomic E-state index is -3.92. The first-order chi connectivity index (χ1) is 16.8. The Bertz CT molecular complexity index is 1380. The molecule has 0 aliphatic heterocycles. The molecule has 3 amide bonds. The molecule has 9 nitrogen and oxygen atoms in total. The van der Waals surface area contributed by atoms with Gasteiger partial charge in [-0.2, -0.15) is 0 Å². The second-order valence-electron chi connectivity index (χ2n) is 7.65. The number of hydrogen-bond donors (Lipinski definition) is 3. The molecule has 0 fully saturated rings. The van der Waals surface area contributed by atoms with Gasteiger partial charge in [-0.3, -0.25) is 19.6 Å². The molecule has 0 unspecified atom stereocenters. The Hall–Kier alpha value is -3.70. The highest BCUT2D eigenvalue weighted by atomic mass is 32.2. The van der Waals surface area contributed by atoms with Crippen molar-refractivity contribution >= 4 is 50.0 Å². The van der Waals surface area contributed by atoms with Crippen molar-refractivity contribution in [2.75, 3.05) is 16.6 Å². The van der Waals surface area contributed by atoms with Crippen LogP contribution in [0.5, 0.6) is 0 Å². The molecule has 0 atom stereocenters. The predicted octanol–water partition coefficient (Wildman–Crippen LogP) is 4.18. The molecule has 1 aliphatic rings. The van der Waals surface area contributed by atoms with E-state index in [0.29, 0.717) is 11.4 Å². The number of thiophene rings is 1. The van der Waals surface area contributed by atoms with Crippen LogP contribution in [0.4, 0.5) is 15.5 Å². The van der Waals surface area contributed by atoms with Crippen LogP contribution in [-0.4, -0.2) is 32.9 Å². The molecule has 0 spiro atoms. The van der Waals surface area contributed by atoms with Gasteiger partial charge in [0.05, 0.1) is 28.3 Å². The monoisotopic (exact) mass is 513 g/mol. The van der Waals surface area contributed by atoms with E-state index in [2.05, 4.69) is 15.4 Å². The second-order valence-corrected chi connectivity index (χ2v) is 10.4. The van der Waals surface area contributed by atoms with Crippen molar-refractivity contribution in [1.29, 1.82) is 0 Å². The number of fused-ring (bicyclic) bond motifs is 1. The standard InChI is InChI=1S/C24H23N3O6S2/c1-2-33-24(30)26-22(29)20-17-12-8-14-19(17)34-23(20)25-21(28)16-11-6-7-13-18(16)27-35(31,32)15-9-4-3-5-10-15/h3-7,9-11,13,27H,2,8,12,14H2,1H3,(H,25,28)(H,26,29,30). The number of imide groups is 1. The Morgan fingerprint density at radius 1 is 0.971 bits per heavy atom. The fourth-order valence-electron chi connectivity index (χ4n) is 3.80. The summed E-state index contributed by atoms with van der Waals surface area (Å²) in [6, 6.07) is 14.0. The zero-order valence-corrected chi connectivity index (χ0v) is 20.4. The molecule has 0 saturated heterocycles. The van der Waals surface area contributed by atoms with Crippen LogP contribution in [0, 0.1) is 0 Å². The van der Waals surface area contributed by atoms with Crippen LogP contribution in [0.15, 0.2) is 59.5 Å². The number of carbonyl (C=O) groups is 3. The maximum atomic E-state index is 13.2. The molecule has 0 bridgehead atoms. The molecule has 0 saturated carbocycles. The van der Waals surface area contributed by atoms with Gasteiger partial charge in [0.25, 0.3) is 21.8 Å². The third-order valence-corrected chi connectivity index (χ3v) is 7.92. The summed E-state index contributed by atoms with van der Waals surface area (Å²) in [6.07, 6.45) is 1.43. The van der Waals surface area contributed by atoms with Crippen molar-refractivity contribution in [3.63, 3.8) is 0 Å². The van der Waals surface area contributed by atoms with Crippen LogP contribution in [-0.2, 0) is 27.6 Å². The first-order valence-corrected chi connectivity index (χ1v) is 13.2. The van der Waals surface area contributed by atoms with Gasteiger partial charge in [0.15, 0.2) is 0 Å². The van der Waals surface area contributed by atoms with E-state index in [4.69, 9.17) is 4.74 Å². The highest BCUT2D eigenvalue weighted by molar-refractivity contribution is 7.92. The van der Waals surface area contributed by atoms with Crippen molar-refractivity contribution < 1.29 is 27.5 Å². The van der Waals surface area contributed by atoms with E-state index in [1.54, 1.807) is 37.3 Å². The molecule has 1 aromatic heterocycles. The number of para-hydroxylation sites is 1. The molecule has 35 heavy (non-hydrogen) atoms. The maximum absolute atomic E-state index is 13.2. The summed E-state index contributed by atoms with van der Waals surface area (Å²) in [5, 5.41) is 5.22. The lowest BCUT2D eigenvalue weighted by Crippen LogP contribution is -2.32. The van der Waals surface area contributed by atoms with Crippen molar-refractivity contribution in [3.05, 3.63) is 76.2 Å². The lowest BCUT2D eigenvalue weighted by atomic mass is 10.1. The predicted molar refractivity (Wildman–Crippen MR) is 132 cm³/mol. The Labute approximate surface area is 206 Å². The van der Waals surface area contributed by atoms with E-state index >= 15 is 0 Å². The van der Waals surface area contributed by atoms with Crippen molar-refractivity contribution in [2.45, 2.75) is 31.1 Å². The largest absolute Gasteiger partial charge is 0.450 e. The summed E-state index contributed by atoms with van der Waals surface area (Å²) in [7, 11) is -3.92. The number of rotatable bonds is 7. The van der Waals surface area contributed by atoms with Crippen LogP contribution in [0.2, 0.25) is 0 Å². The maximum Gasteiger partial charge on any atom is 0.414 e. The number of ether oxygens (including phenoxy) is 1. The summed E-state index contributed by atoms with van der Waals surface area (Å²) >= 11 is 1.27. The fraction of sp³-hybridized carbons (Fsp3) is 0.208. The van der Waals surface area contributed by atoms with E-state index < -0.39 is 27.9 Å². The van der Waals surface area contributed by atoms with E-state index in [1.807, 2.05) is 0 Å². The average molecular weight is 514 g/mol. The molecule has 11 heteroatoms. The normalized spacial score (nSPS) is 12.5. The highest BCUT2D eigenvalue weighted by Crippen LogP contribution is 2.39. The quantitative estimate of drug-likeness (QED) is 0.435. The number of amides is 3. The summed E-state index contributed by atoms with van der Waals surface area (Å²) in [5.74, 6) is -1.25. The number of benzene rings is 2. The van der Waals surface area contributed by atoms with Crippen LogP contribution in [0.3, 0.4) is 0 Å². The molecule has 3 N–H and O–H groups in total. The molecule has 1 heterocycles. The number of anilines is 2. The van der Waals surface area contributed by atoms with Crippen LogP contribution in [0.1, 0.15) is 44.5 Å². The SMILES string of the molecule is CCOC(=O)NC(=O)c1c(NC(=O)c2ccccc2NS(=O)(=O)c2ccccc2)sc2c1CCC2. The number of sulfonamides is 1. The highest BCUT2D eigenvalue weighted by Gasteiger charge is 2.29. The molecule has 3 aromatic rings. The van der Waals surface area contributed by atoms with Crippen molar-refractivity contribution in [3.8, 4) is 0 Å². The van der Waals surface area contributed by atoms with Gasteiger partial charge in [-0.15, -0.1) is 11.3 Å². The van der Waals surface area contributed by atoms with Gasteiger partial charge in [-0.05, 0) is 56.0 Å². The summed E-state index contributed by atoms with van der Waals surface area (Å²) < 4.78 is 32.8. The van der Waals surface area contributed by atoms with Crippen LogP contribution in [0.25, 0.3) is 0 Å². The van der Waals surface area contributed by atoms with Gasteiger partial charge in [-0.1, -0.05) is 30.3 Å². The zero-order chi connectivity index (χ0) is 25.0. The summed E-state index contributed by atoms with van der Waals surface area (Å²) in [6.45, 7) is 1.74. The Kier molecular flexibility index (Phi) is 7.17. The van der Waals surface area contributed by atoms with E-state index in [9.17, 15) is 22.8 Å². The summed E-state index contributed by atoms with van der Waals surface area (Å²) in [4.78, 5) is 38.9. The van der Waals surface area contributed by atoms with Gasteiger partial charge in [0, 0.05) is 4.88 Å². The number of hydrogen-bond acceptors (Lipinski definition) is 7. The second kappa shape index (κ2) is 10.3. The topological polar surface area (TPSA) is 131 Å². The lowest BCUT2D eigenvalue weighted by molar-refractivity contribution is 0.0925. The average Bonchev–Trinajstić information content (AvgIpc) is 3.40. The summed E-state index contributed by atoms with van der Waals surface area (Å²) in [5.41, 5.74) is 1.20. The minimum Gasteiger partial charge on any atom is -0.450 e. The van der Waals surface area contributed by atoms with Crippen molar-refractivity contribution in [2.24, 2.45) is 0 Å². The zero-order valence-electron chi connectivity index (χ0n) is 18.8. The fourth-order valence-corrected chi connectivity index (χ4v) is 6.18. The van der Waals surface area contributed by atoms with Crippen molar-refractivity contribution in [1.82, 2.24) is 5.32 Å². The number of nitrogens with one attached hydrogen (secondary N) is 3. The molecule has 4 rings (SSSR count). The lowest BCUT2D eigenvalue weighted by Gasteiger charge is -2.13. The Balaban J connectivity index is 1.61. The van der Waals surface area contributed by atoms with Gasteiger partial charge in [0.2, 0.25) is 0 Å². The molecular formula is C24H23N3O6S2. The van der Waals surface area contributed by atoms with Gasteiger partial charge in [-0.25, -0.2) is 13.2 Å². The Morgan fingerprint density at radius 2 is 1.69 bits per heavy atom. The number of aryl methyl sites for hydroxylation is 1. The third kappa shape index (κ3) is 5.36. The number of alkyl carbamates (subject to hydrolysis) is 1. The molecule has 0 radical (unpaired) electrons. The van der Waals surface area contributed by atoms with E-state index in [-0.39, 0.29) is 28.3 Å². The van der Waals surface area contributed by atoms with Crippen LogP contribution < -0.4 is 15.4 Å². The van der Waals surface area contributed by atoms with Gasteiger partial charge < -0.3 is 10.1 Å². The van der Waals surface area contributed by atoms with E-state index in [1.165, 1.54) is 35.6 Å². The van der Waals surface area contributed by atoms with Gasteiger partial charge >= 0.3 is 6.09 Å². The smallest absolute Gasteiger partial charge is 0.414 e. The van der Waals surface area contributed by atoms with E-state index in [0.717, 1.165) is 23.3 Å². The van der Waals surface area contributed by atoms with Gasteiger partial charge in [0.1, 0.15) is 5.00 Å².